The lowest BCUT2D eigenvalue weighted by molar-refractivity contribution is -0.186. The summed E-state index contributed by atoms with van der Waals surface area (Å²) in [5, 5.41) is 0. The quantitative estimate of drug-likeness (QED) is 0.752. The number of hydrogen-bond donors (Lipinski definition) is 0. The summed E-state index contributed by atoms with van der Waals surface area (Å²) in [7, 11) is 0. The van der Waals surface area contributed by atoms with Gasteiger partial charge in [-0.1, -0.05) is 30.3 Å². The third-order valence-corrected chi connectivity index (χ3v) is 3.09. The van der Waals surface area contributed by atoms with Crippen molar-refractivity contribution in [2.24, 2.45) is 0 Å². The van der Waals surface area contributed by atoms with Crippen molar-refractivity contribution in [2.75, 3.05) is 6.61 Å². The largest absolute Gasteiger partial charge is 0.353 e. The highest BCUT2D eigenvalue weighted by atomic mass is 16.9. The first-order chi connectivity index (χ1) is 8.92. The van der Waals surface area contributed by atoms with Gasteiger partial charge in [0.15, 0.2) is 6.29 Å². The summed E-state index contributed by atoms with van der Waals surface area (Å²) < 4.78 is 22.0. The lowest BCUT2D eigenvalue weighted by Crippen LogP contribution is -2.24. The molecule has 1 unspecified atom stereocenters. The van der Waals surface area contributed by atoms with Gasteiger partial charge in [-0.15, -0.1) is 0 Å². The topological polar surface area (TPSA) is 40.2 Å². The van der Waals surface area contributed by atoms with E-state index in [1.54, 1.807) is 0 Å². The molecule has 0 aliphatic carbocycles. The molecule has 98 valence electrons. The van der Waals surface area contributed by atoms with E-state index in [9.17, 15) is 0 Å². The second-order valence-corrected chi connectivity index (χ2v) is 4.60. The predicted molar refractivity (Wildman–Crippen MR) is 64.6 cm³/mol. The summed E-state index contributed by atoms with van der Waals surface area (Å²) in [6.07, 6.45) is 2.62. The highest BCUT2D eigenvalue weighted by molar-refractivity contribution is 5.13. The van der Waals surface area contributed by atoms with E-state index >= 15 is 0 Å². The van der Waals surface area contributed by atoms with Crippen molar-refractivity contribution in [3.63, 3.8) is 0 Å². The molecule has 18 heavy (non-hydrogen) atoms. The molecule has 2 fully saturated rings. The molecule has 2 aliphatic rings. The van der Waals surface area contributed by atoms with Gasteiger partial charge >= 0.3 is 0 Å². The third kappa shape index (κ3) is 3.29. The average Bonchev–Trinajstić information content (AvgIpc) is 3.17. The predicted octanol–water partition coefficient (Wildman–Crippen LogP) is 2.43. The van der Waals surface area contributed by atoms with Gasteiger partial charge in [0.25, 0.3) is 0 Å². The van der Waals surface area contributed by atoms with E-state index in [0.29, 0.717) is 6.61 Å². The molecule has 0 amide bonds. The van der Waals surface area contributed by atoms with Crippen LogP contribution in [0.3, 0.4) is 0 Å². The van der Waals surface area contributed by atoms with Crippen LogP contribution in [0.5, 0.6) is 0 Å². The van der Waals surface area contributed by atoms with Gasteiger partial charge in [0.05, 0.1) is 6.61 Å². The van der Waals surface area contributed by atoms with Gasteiger partial charge in [0.1, 0.15) is 0 Å². The molecular weight excluding hydrogens is 232 g/mol. The molecule has 0 N–H and O–H groups in total. The Bertz CT molecular complexity index is 361. The van der Waals surface area contributed by atoms with E-state index in [4.69, 9.17) is 18.9 Å². The lowest BCUT2D eigenvalue weighted by atomic mass is 10.2. The van der Waals surface area contributed by atoms with Crippen LogP contribution in [0, 0.1) is 0 Å². The van der Waals surface area contributed by atoms with Crippen LogP contribution in [-0.2, 0) is 25.6 Å². The average molecular weight is 250 g/mol. The summed E-state index contributed by atoms with van der Waals surface area (Å²) in [5.74, 6) is 0. The molecule has 2 heterocycles. The van der Waals surface area contributed by atoms with Crippen molar-refractivity contribution in [2.45, 2.75) is 44.7 Å². The summed E-state index contributed by atoms with van der Waals surface area (Å²) in [5.41, 5.74) is 1.14. The van der Waals surface area contributed by atoms with E-state index in [2.05, 4.69) is 0 Å². The molecule has 3 rings (SSSR count). The minimum Gasteiger partial charge on any atom is -0.353 e. The van der Waals surface area contributed by atoms with Crippen molar-refractivity contribution in [3.8, 4) is 0 Å². The molecule has 0 aromatic heterocycles. The molecule has 2 aliphatic heterocycles. The minimum absolute atomic E-state index is 0.117. The van der Waals surface area contributed by atoms with Gasteiger partial charge in [-0.05, 0) is 24.8 Å². The van der Waals surface area contributed by atoms with E-state index in [1.165, 1.54) is 0 Å². The van der Waals surface area contributed by atoms with Crippen LogP contribution in [0.4, 0.5) is 0 Å². The van der Waals surface area contributed by atoms with Gasteiger partial charge in [-0.25, -0.2) is 0 Å². The van der Waals surface area contributed by atoms with Crippen LogP contribution < -0.4 is 0 Å². The van der Waals surface area contributed by atoms with Gasteiger partial charge in [-0.2, -0.15) is 0 Å². The Morgan fingerprint density at radius 2 is 2.00 bits per heavy atom. The standard InChI is InChI=1S/C14H18O4/c1-2-6-11(7-3-1)10-16-13-14(18-13)17-12-8-4-5-9-15-12/h1-3,6-7,12-14H,4-5,8-10H2/t12?,13-,14+/m0/s1. The Balaban J connectivity index is 1.36. The van der Waals surface area contributed by atoms with Crippen molar-refractivity contribution in [1.82, 2.24) is 0 Å². The van der Waals surface area contributed by atoms with Crippen LogP contribution in [-0.4, -0.2) is 25.5 Å². The summed E-state index contributed by atoms with van der Waals surface area (Å²) in [4.78, 5) is 0. The maximum absolute atomic E-state index is 5.63. The second-order valence-electron chi connectivity index (χ2n) is 4.60. The van der Waals surface area contributed by atoms with E-state index in [1.807, 2.05) is 30.3 Å². The molecular formula is C14H18O4. The molecule has 3 atom stereocenters. The zero-order chi connectivity index (χ0) is 12.2. The number of epoxide rings is 1. The highest BCUT2D eigenvalue weighted by Gasteiger charge is 2.43. The molecule has 1 aromatic carbocycles. The molecule has 0 radical (unpaired) electrons. The van der Waals surface area contributed by atoms with Crippen molar-refractivity contribution in [1.29, 1.82) is 0 Å². The van der Waals surface area contributed by atoms with E-state index in [0.717, 1.165) is 31.4 Å². The Morgan fingerprint density at radius 1 is 1.11 bits per heavy atom. The van der Waals surface area contributed by atoms with Gasteiger partial charge < -0.3 is 18.9 Å². The van der Waals surface area contributed by atoms with E-state index in [-0.39, 0.29) is 18.9 Å². The summed E-state index contributed by atoms with van der Waals surface area (Å²) in [6, 6.07) is 10.0. The van der Waals surface area contributed by atoms with Crippen molar-refractivity contribution < 1.29 is 18.9 Å². The molecule has 0 spiro atoms. The van der Waals surface area contributed by atoms with Crippen molar-refractivity contribution in [3.05, 3.63) is 35.9 Å². The molecule has 0 bridgehead atoms. The third-order valence-electron chi connectivity index (χ3n) is 3.09. The Labute approximate surface area is 107 Å². The number of hydrogen-bond acceptors (Lipinski definition) is 4. The zero-order valence-corrected chi connectivity index (χ0v) is 10.3. The fraction of sp³-hybridized carbons (Fsp3) is 0.571. The Hall–Kier alpha value is -0.940. The highest BCUT2D eigenvalue weighted by Crippen LogP contribution is 2.29. The first-order valence-electron chi connectivity index (χ1n) is 6.50. The zero-order valence-electron chi connectivity index (χ0n) is 10.3. The fourth-order valence-corrected chi connectivity index (χ4v) is 2.02. The van der Waals surface area contributed by atoms with Crippen LogP contribution in [0.15, 0.2) is 30.3 Å². The lowest BCUT2D eigenvalue weighted by Gasteiger charge is -2.21. The van der Waals surface area contributed by atoms with Crippen LogP contribution in [0.1, 0.15) is 24.8 Å². The number of benzene rings is 1. The van der Waals surface area contributed by atoms with Crippen molar-refractivity contribution >= 4 is 0 Å². The molecule has 1 aromatic rings. The monoisotopic (exact) mass is 250 g/mol. The van der Waals surface area contributed by atoms with Gasteiger partial charge in [0, 0.05) is 6.61 Å². The van der Waals surface area contributed by atoms with Gasteiger partial charge in [0.2, 0.25) is 12.6 Å². The second kappa shape index (κ2) is 5.80. The minimum atomic E-state index is -0.253. The molecule has 4 nitrogen and oxygen atoms in total. The molecule has 2 saturated heterocycles. The number of ether oxygens (including phenoxy) is 4. The maximum Gasteiger partial charge on any atom is 0.214 e. The molecule has 0 saturated carbocycles. The normalized spacial score (nSPS) is 31.2. The maximum atomic E-state index is 5.63. The first kappa shape index (κ1) is 12.1. The Kier molecular flexibility index (Phi) is 3.90. The SMILES string of the molecule is c1ccc(CO[C@H]2O[C@H]2OC2CCCCO2)cc1. The van der Waals surface area contributed by atoms with Crippen LogP contribution in [0.25, 0.3) is 0 Å². The summed E-state index contributed by atoms with van der Waals surface area (Å²) >= 11 is 0. The van der Waals surface area contributed by atoms with Crippen LogP contribution in [0.2, 0.25) is 0 Å². The smallest absolute Gasteiger partial charge is 0.214 e. The van der Waals surface area contributed by atoms with E-state index < -0.39 is 0 Å². The fourth-order valence-electron chi connectivity index (χ4n) is 2.02. The molecule has 4 heteroatoms. The van der Waals surface area contributed by atoms with Gasteiger partial charge in [-0.3, -0.25) is 0 Å². The first-order valence-corrected chi connectivity index (χ1v) is 6.50. The number of rotatable bonds is 5. The Morgan fingerprint density at radius 3 is 2.78 bits per heavy atom. The summed E-state index contributed by atoms with van der Waals surface area (Å²) in [6.45, 7) is 1.34. The van der Waals surface area contributed by atoms with Crippen LogP contribution >= 0.6 is 0 Å².